The van der Waals surface area contributed by atoms with Gasteiger partial charge in [0.05, 0.1) is 7.11 Å². The fourth-order valence-electron chi connectivity index (χ4n) is 3.24. The van der Waals surface area contributed by atoms with Crippen LogP contribution in [0.5, 0.6) is 5.75 Å². The maximum atomic E-state index is 13.1. The molecule has 1 atom stereocenters. The number of hydrogen-bond acceptors (Lipinski definition) is 6. The molecule has 0 radical (unpaired) electrons. The number of anilines is 2. The van der Waals surface area contributed by atoms with Crippen molar-refractivity contribution in [1.29, 1.82) is 0 Å². The van der Waals surface area contributed by atoms with Crippen LogP contribution >= 0.6 is 11.8 Å². The van der Waals surface area contributed by atoms with Crippen molar-refractivity contribution in [3.63, 3.8) is 0 Å². The molecule has 4 rings (SSSR count). The van der Waals surface area contributed by atoms with E-state index in [-0.39, 0.29) is 11.8 Å². The van der Waals surface area contributed by atoms with Gasteiger partial charge in [-0.2, -0.15) is 0 Å². The summed E-state index contributed by atoms with van der Waals surface area (Å²) < 4.78 is 10.2. The first-order chi connectivity index (χ1) is 16.5. The fraction of sp³-hybridized carbons (Fsp3) is 0.115. The first-order valence-electron chi connectivity index (χ1n) is 10.5. The van der Waals surface area contributed by atoms with Gasteiger partial charge in [-0.05, 0) is 55.0 Å². The second kappa shape index (κ2) is 10.7. The molecular formula is C26H23N3O4S. The lowest BCUT2D eigenvalue weighted by Crippen LogP contribution is -2.19. The molecule has 34 heavy (non-hydrogen) atoms. The number of carbonyl (C=O) groups is 2. The maximum absolute atomic E-state index is 13.1. The number of ether oxygens (including phenoxy) is 1. The van der Waals surface area contributed by atoms with Crippen molar-refractivity contribution < 1.29 is 18.8 Å². The van der Waals surface area contributed by atoms with Gasteiger partial charge in [-0.15, -0.1) is 11.8 Å². The van der Waals surface area contributed by atoms with Gasteiger partial charge in [-0.25, -0.2) is 0 Å². The summed E-state index contributed by atoms with van der Waals surface area (Å²) in [5, 5.41) is 9.04. The number of benzene rings is 3. The van der Waals surface area contributed by atoms with Gasteiger partial charge in [0, 0.05) is 22.2 Å². The number of nitrogens with one attached hydrogen (secondary N) is 2. The van der Waals surface area contributed by atoms with Crippen molar-refractivity contribution in [2.45, 2.75) is 17.1 Å². The Morgan fingerprint density at radius 1 is 0.941 bits per heavy atom. The highest BCUT2D eigenvalue weighted by molar-refractivity contribution is 8.00. The number of thioether (sulfide) groups is 1. The Kier molecular flexibility index (Phi) is 7.29. The molecule has 0 aliphatic carbocycles. The quantitative estimate of drug-likeness (QED) is 0.318. The number of nitrogens with zero attached hydrogens (tertiary/aromatic N) is 1. The zero-order valence-corrected chi connectivity index (χ0v) is 19.5. The van der Waals surface area contributed by atoms with Gasteiger partial charge in [-0.1, -0.05) is 41.6 Å². The molecule has 8 heteroatoms. The lowest BCUT2D eigenvalue weighted by Gasteiger charge is -2.16. The van der Waals surface area contributed by atoms with Crippen LogP contribution in [0.15, 0.2) is 94.3 Å². The van der Waals surface area contributed by atoms with Gasteiger partial charge in [0.25, 0.3) is 5.91 Å². The SMILES string of the molecule is COc1cccc(C(=O)Nc2ccc(SC(C(=O)Nc3cc(C)on3)c3ccccc3)cc2)c1. The summed E-state index contributed by atoms with van der Waals surface area (Å²) >= 11 is 1.41. The van der Waals surface area contributed by atoms with Crippen LogP contribution in [0.2, 0.25) is 0 Å². The van der Waals surface area contributed by atoms with Gasteiger partial charge >= 0.3 is 0 Å². The molecule has 0 fully saturated rings. The first-order valence-corrected chi connectivity index (χ1v) is 11.4. The topological polar surface area (TPSA) is 93.5 Å². The number of amides is 2. The number of aryl methyl sites for hydroxylation is 1. The zero-order chi connectivity index (χ0) is 23.9. The number of rotatable bonds is 8. The normalized spacial score (nSPS) is 11.5. The monoisotopic (exact) mass is 473 g/mol. The van der Waals surface area contributed by atoms with E-state index in [1.165, 1.54) is 11.8 Å². The second-order valence-corrected chi connectivity index (χ2v) is 8.61. The van der Waals surface area contributed by atoms with Crippen molar-refractivity contribution in [3.8, 4) is 5.75 Å². The van der Waals surface area contributed by atoms with Crippen LogP contribution in [0.25, 0.3) is 0 Å². The number of aromatic nitrogens is 1. The molecule has 7 nitrogen and oxygen atoms in total. The molecule has 1 unspecified atom stereocenters. The van der Waals surface area contributed by atoms with E-state index in [1.807, 2.05) is 42.5 Å². The molecule has 0 aliphatic rings. The van der Waals surface area contributed by atoms with E-state index in [4.69, 9.17) is 9.26 Å². The maximum Gasteiger partial charge on any atom is 0.255 e. The van der Waals surface area contributed by atoms with Gasteiger partial charge < -0.3 is 19.9 Å². The largest absolute Gasteiger partial charge is 0.497 e. The Labute approximate surface area is 201 Å². The van der Waals surface area contributed by atoms with Crippen molar-refractivity contribution in [1.82, 2.24) is 5.16 Å². The molecule has 2 N–H and O–H groups in total. The van der Waals surface area contributed by atoms with Crippen LogP contribution in [0.1, 0.15) is 26.9 Å². The van der Waals surface area contributed by atoms with Crippen LogP contribution in [-0.2, 0) is 4.79 Å². The smallest absolute Gasteiger partial charge is 0.255 e. The molecule has 0 aliphatic heterocycles. The van der Waals surface area contributed by atoms with Crippen molar-refractivity contribution in [2.75, 3.05) is 17.7 Å². The average molecular weight is 474 g/mol. The Hall–Kier alpha value is -4.04. The van der Waals surface area contributed by atoms with Gasteiger partial charge in [0.2, 0.25) is 5.91 Å². The highest BCUT2D eigenvalue weighted by Gasteiger charge is 2.23. The van der Waals surface area contributed by atoms with Gasteiger partial charge in [0.15, 0.2) is 5.82 Å². The first kappa shape index (κ1) is 23.1. The predicted molar refractivity (Wildman–Crippen MR) is 132 cm³/mol. The van der Waals surface area contributed by atoms with Gasteiger partial charge in [0.1, 0.15) is 16.8 Å². The second-order valence-electron chi connectivity index (χ2n) is 7.43. The van der Waals surface area contributed by atoms with Crippen molar-refractivity contribution in [2.24, 2.45) is 0 Å². The third kappa shape index (κ3) is 5.85. The fourth-order valence-corrected chi connectivity index (χ4v) is 4.26. The Balaban J connectivity index is 1.47. The number of methoxy groups -OCH3 is 1. The molecule has 0 saturated heterocycles. The van der Waals surface area contributed by atoms with Crippen LogP contribution in [0.3, 0.4) is 0 Å². The molecule has 0 bridgehead atoms. The molecule has 2 amide bonds. The molecule has 3 aromatic carbocycles. The molecule has 172 valence electrons. The van der Waals surface area contributed by atoms with Crippen LogP contribution in [0, 0.1) is 6.92 Å². The summed E-state index contributed by atoms with van der Waals surface area (Å²) in [5.74, 6) is 1.17. The predicted octanol–water partition coefficient (Wildman–Crippen LogP) is 5.72. The van der Waals surface area contributed by atoms with Crippen molar-refractivity contribution >= 4 is 35.1 Å². The number of hydrogen-bond donors (Lipinski definition) is 2. The van der Waals surface area contributed by atoms with Crippen molar-refractivity contribution in [3.05, 3.63) is 102 Å². The standard InChI is InChI=1S/C26H23N3O4S/c1-17-15-23(29-33-17)28-26(31)24(18-7-4-3-5-8-18)34-22-13-11-20(12-14-22)27-25(30)19-9-6-10-21(16-19)32-2/h3-16,24H,1-2H3,(H,27,30)(H,28,29,31). The summed E-state index contributed by atoms with van der Waals surface area (Å²) in [5.41, 5.74) is 2.01. The molecule has 0 saturated carbocycles. The Bertz CT molecular complexity index is 1270. The third-order valence-electron chi connectivity index (χ3n) is 4.92. The molecule has 1 aromatic heterocycles. The van der Waals surface area contributed by atoms with E-state index >= 15 is 0 Å². The highest BCUT2D eigenvalue weighted by Crippen LogP contribution is 2.36. The minimum atomic E-state index is -0.504. The Morgan fingerprint density at radius 3 is 2.38 bits per heavy atom. The van der Waals surface area contributed by atoms with E-state index in [9.17, 15) is 9.59 Å². The van der Waals surface area contributed by atoms with Gasteiger partial charge in [-0.3, -0.25) is 9.59 Å². The molecule has 4 aromatic rings. The lowest BCUT2D eigenvalue weighted by atomic mass is 10.1. The lowest BCUT2D eigenvalue weighted by molar-refractivity contribution is -0.115. The molecular weight excluding hydrogens is 450 g/mol. The minimum Gasteiger partial charge on any atom is -0.497 e. The van der Waals surface area contributed by atoms with E-state index in [0.29, 0.717) is 28.6 Å². The van der Waals surface area contributed by atoms with E-state index < -0.39 is 5.25 Å². The van der Waals surface area contributed by atoms with E-state index in [1.54, 1.807) is 56.5 Å². The summed E-state index contributed by atoms with van der Waals surface area (Å²) in [6.07, 6.45) is 0. The highest BCUT2D eigenvalue weighted by atomic mass is 32.2. The minimum absolute atomic E-state index is 0.208. The van der Waals surface area contributed by atoms with Crippen LogP contribution in [-0.4, -0.2) is 24.1 Å². The average Bonchev–Trinajstić information content (AvgIpc) is 3.28. The number of carbonyl (C=O) groups excluding carboxylic acids is 2. The summed E-state index contributed by atoms with van der Waals surface area (Å²) in [7, 11) is 1.56. The summed E-state index contributed by atoms with van der Waals surface area (Å²) in [6, 6.07) is 25.5. The summed E-state index contributed by atoms with van der Waals surface area (Å²) in [6.45, 7) is 1.76. The van der Waals surface area contributed by atoms with Crippen LogP contribution < -0.4 is 15.4 Å². The summed E-state index contributed by atoms with van der Waals surface area (Å²) in [4.78, 5) is 26.5. The third-order valence-corrected chi connectivity index (χ3v) is 6.18. The molecule has 1 heterocycles. The Morgan fingerprint density at radius 2 is 1.71 bits per heavy atom. The van der Waals surface area contributed by atoms with E-state index in [0.717, 1.165) is 10.5 Å². The zero-order valence-electron chi connectivity index (χ0n) is 18.6. The van der Waals surface area contributed by atoms with Crippen LogP contribution in [0.4, 0.5) is 11.5 Å². The molecule has 0 spiro atoms. The van der Waals surface area contributed by atoms with E-state index in [2.05, 4.69) is 15.8 Å².